The first-order valence-electron chi connectivity index (χ1n) is 4.70. The number of carbonyl (C=O) groups excluding carboxylic acids is 2. The highest BCUT2D eigenvalue weighted by atomic mass is 19.4. The Bertz CT molecular complexity index is 243. The minimum Gasteiger partial charge on any atom is -0.355 e. The molecule has 94 valence electrons. The molecule has 0 aliphatic carbocycles. The molecule has 0 radical (unpaired) electrons. The van der Waals surface area contributed by atoms with Crippen molar-refractivity contribution in [2.75, 3.05) is 19.6 Å². The molecule has 3 amide bonds. The summed E-state index contributed by atoms with van der Waals surface area (Å²) in [6.45, 7) is 0.549. The molecule has 3 N–H and O–H groups in total. The molecule has 8 heteroatoms. The summed E-state index contributed by atoms with van der Waals surface area (Å²) >= 11 is 0. The monoisotopic (exact) mass is 241 g/mol. The van der Waals surface area contributed by atoms with Crippen LogP contribution in [0, 0.1) is 0 Å². The van der Waals surface area contributed by atoms with Crippen LogP contribution >= 0.6 is 0 Å². The maximum absolute atomic E-state index is 11.7. The predicted octanol–water partition coefficient (Wildman–Crippen LogP) is 0.374. The van der Waals surface area contributed by atoms with Crippen LogP contribution in [0.5, 0.6) is 0 Å². The number of nitrogens with one attached hydrogen (secondary N) is 3. The van der Waals surface area contributed by atoms with Crippen molar-refractivity contribution >= 4 is 11.9 Å². The summed E-state index contributed by atoms with van der Waals surface area (Å²) in [4.78, 5) is 21.7. The van der Waals surface area contributed by atoms with E-state index in [0.717, 1.165) is 6.42 Å². The van der Waals surface area contributed by atoms with Crippen LogP contribution in [0.15, 0.2) is 0 Å². The van der Waals surface area contributed by atoms with Gasteiger partial charge in [-0.2, -0.15) is 13.2 Å². The molecule has 0 aliphatic rings. The average Bonchev–Trinajstić information content (AvgIpc) is 2.19. The first-order chi connectivity index (χ1) is 7.35. The molecule has 0 unspecified atom stereocenters. The zero-order valence-electron chi connectivity index (χ0n) is 8.78. The van der Waals surface area contributed by atoms with Crippen LogP contribution in [0.4, 0.5) is 18.0 Å². The van der Waals surface area contributed by atoms with Gasteiger partial charge in [-0.15, -0.1) is 0 Å². The fourth-order valence-corrected chi connectivity index (χ4v) is 0.730. The van der Waals surface area contributed by atoms with Gasteiger partial charge in [0, 0.05) is 6.54 Å². The second kappa shape index (κ2) is 6.91. The van der Waals surface area contributed by atoms with E-state index in [1.54, 1.807) is 5.32 Å². The van der Waals surface area contributed by atoms with Gasteiger partial charge in [0.1, 0.15) is 6.54 Å². The lowest BCUT2D eigenvalue weighted by atomic mass is 10.4. The molecule has 0 saturated heterocycles. The highest BCUT2D eigenvalue weighted by molar-refractivity contribution is 5.83. The summed E-state index contributed by atoms with van der Waals surface area (Å²) in [6, 6.07) is -1.02. The molecule has 0 fully saturated rings. The number of urea groups is 1. The number of amides is 3. The molecule has 0 saturated carbocycles. The van der Waals surface area contributed by atoms with E-state index in [1.165, 1.54) is 0 Å². The summed E-state index contributed by atoms with van der Waals surface area (Å²) in [7, 11) is 0. The maximum Gasteiger partial charge on any atom is 0.405 e. The first-order valence-corrected chi connectivity index (χ1v) is 4.70. The number of alkyl halides is 3. The van der Waals surface area contributed by atoms with Crippen LogP contribution in [0.25, 0.3) is 0 Å². The van der Waals surface area contributed by atoms with Crippen molar-refractivity contribution in [2.45, 2.75) is 19.5 Å². The Kier molecular flexibility index (Phi) is 6.28. The van der Waals surface area contributed by atoms with Crippen LogP contribution in [-0.4, -0.2) is 37.7 Å². The van der Waals surface area contributed by atoms with E-state index in [4.69, 9.17) is 0 Å². The molecule has 0 aromatic carbocycles. The van der Waals surface area contributed by atoms with E-state index in [9.17, 15) is 22.8 Å². The van der Waals surface area contributed by atoms with Crippen LogP contribution in [0.2, 0.25) is 0 Å². The van der Waals surface area contributed by atoms with Gasteiger partial charge in [0.15, 0.2) is 0 Å². The van der Waals surface area contributed by atoms with E-state index >= 15 is 0 Å². The molecular weight excluding hydrogens is 227 g/mol. The van der Waals surface area contributed by atoms with Crippen LogP contribution in [0.1, 0.15) is 13.3 Å². The van der Waals surface area contributed by atoms with Gasteiger partial charge in [-0.3, -0.25) is 4.79 Å². The summed E-state index contributed by atoms with van der Waals surface area (Å²) in [6.07, 6.45) is -3.71. The molecule has 0 aliphatic heterocycles. The Morgan fingerprint density at radius 2 is 1.75 bits per heavy atom. The van der Waals surface area contributed by atoms with Crippen molar-refractivity contribution in [1.82, 2.24) is 16.0 Å². The molecule has 0 aromatic heterocycles. The van der Waals surface area contributed by atoms with Gasteiger partial charge in [0.25, 0.3) is 0 Å². The molecule has 0 bridgehead atoms. The molecular formula is C8H14F3N3O2. The van der Waals surface area contributed by atoms with Gasteiger partial charge in [-0.05, 0) is 6.42 Å². The van der Waals surface area contributed by atoms with Crippen molar-refractivity contribution in [3.8, 4) is 0 Å². The van der Waals surface area contributed by atoms with Gasteiger partial charge in [-0.1, -0.05) is 6.92 Å². The highest BCUT2D eigenvalue weighted by Gasteiger charge is 2.27. The van der Waals surface area contributed by atoms with Crippen LogP contribution in [0.3, 0.4) is 0 Å². The van der Waals surface area contributed by atoms with Crippen molar-refractivity contribution in [3.63, 3.8) is 0 Å². The Hall–Kier alpha value is -1.47. The number of hydrogen-bond donors (Lipinski definition) is 3. The Morgan fingerprint density at radius 1 is 1.12 bits per heavy atom. The van der Waals surface area contributed by atoms with E-state index < -0.39 is 24.7 Å². The molecule has 0 atom stereocenters. The lowest BCUT2D eigenvalue weighted by molar-refractivity contribution is -0.122. The second-order valence-corrected chi connectivity index (χ2v) is 3.00. The van der Waals surface area contributed by atoms with E-state index in [-0.39, 0.29) is 6.54 Å². The maximum atomic E-state index is 11.7. The number of halogens is 3. The Balaban J connectivity index is 3.61. The van der Waals surface area contributed by atoms with Crippen molar-refractivity contribution in [3.05, 3.63) is 0 Å². The third kappa shape index (κ3) is 9.10. The van der Waals surface area contributed by atoms with Crippen molar-refractivity contribution in [2.24, 2.45) is 0 Å². The molecule has 0 spiro atoms. The Morgan fingerprint density at radius 3 is 2.25 bits per heavy atom. The number of carbonyl (C=O) groups is 2. The SMILES string of the molecule is CCCNC(=O)CNC(=O)NCC(F)(F)F. The fourth-order valence-electron chi connectivity index (χ4n) is 0.730. The minimum absolute atomic E-state index is 0.344. The van der Waals surface area contributed by atoms with Crippen LogP contribution < -0.4 is 16.0 Å². The van der Waals surface area contributed by atoms with E-state index in [2.05, 4.69) is 5.32 Å². The van der Waals surface area contributed by atoms with Gasteiger partial charge in [-0.25, -0.2) is 4.79 Å². The van der Waals surface area contributed by atoms with Gasteiger partial charge < -0.3 is 16.0 Å². The smallest absolute Gasteiger partial charge is 0.355 e. The van der Waals surface area contributed by atoms with Gasteiger partial charge in [0.2, 0.25) is 5.91 Å². The summed E-state index contributed by atoms with van der Waals surface area (Å²) in [5.41, 5.74) is 0. The molecule has 5 nitrogen and oxygen atoms in total. The fraction of sp³-hybridized carbons (Fsp3) is 0.750. The summed E-state index contributed by atoms with van der Waals surface area (Å²) in [5.74, 6) is -0.441. The third-order valence-electron chi connectivity index (χ3n) is 1.43. The normalized spacial score (nSPS) is 10.8. The summed E-state index contributed by atoms with van der Waals surface area (Å²) < 4.78 is 35.0. The van der Waals surface area contributed by atoms with Gasteiger partial charge >= 0.3 is 12.2 Å². The van der Waals surface area contributed by atoms with Gasteiger partial charge in [0.05, 0.1) is 6.54 Å². The first kappa shape index (κ1) is 14.5. The lowest BCUT2D eigenvalue weighted by Gasteiger charge is -2.09. The molecule has 0 rings (SSSR count). The molecule has 0 heterocycles. The minimum atomic E-state index is -4.46. The second-order valence-electron chi connectivity index (χ2n) is 3.00. The average molecular weight is 241 g/mol. The third-order valence-corrected chi connectivity index (χ3v) is 1.43. The van der Waals surface area contributed by atoms with Crippen LogP contribution in [-0.2, 0) is 4.79 Å². The topological polar surface area (TPSA) is 70.2 Å². The zero-order valence-corrected chi connectivity index (χ0v) is 8.78. The number of rotatable bonds is 5. The lowest BCUT2D eigenvalue weighted by Crippen LogP contribution is -2.44. The zero-order chi connectivity index (χ0) is 12.6. The predicted molar refractivity (Wildman–Crippen MR) is 50.8 cm³/mol. The Labute approximate surface area is 90.8 Å². The highest BCUT2D eigenvalue weighted by Crippen LogP contribution is 2.11. The van der Waals surface area contributed by atoms with E-state index in [0.29, 0.717) is 6.54 Å². The standard InChI is InChI=1S/C8H14F3N3O2/c1-2-3-12-6(15)4-13-7(16)14-5-8(9,10)11/h2-5H2,1H3,(H,12,15)(H2,13,14,16). The van der Waals surface area contributed by atoms with Crippen molar-refractivity contribution < 1.29 is 22.8 Å². The summed E-state index contributed by atoms with van der Waals surface area (Å²) in [5, 5.41) is 6.04. The van der Waals surface area contributed by atoms with E-state index in [1.807, 2.05) is 12.2 Å². The molecule has 16 heavy (non-hydrogen) atoms. The quantitative estimate of drug-likeness (QED) is 0.651. The van der Waals surface area contributed by atoms with Crippen molar-refractivity contribution in [1.29, 1.82) is 0 Å². The molecule has 0 aromatic rings. The number of hydrogen-bond acceptors (Lipinski definition) is 2. The largest absolute Gasteiger partial charge is 0.405 e.